The van der Waals surface area contributed by atoms with Gasteiger partial charge in [-0.1, -0.05) is 13.8 Å². The van der Waals surface area contributed by atoms with E-state index >= 15 is 0 Å². The second kappa shape index (κ2) is 6.01. The van der Waals surface area contributed by atoms with Gasteiger partial charge in [0.15, 0.2) is 0 Å². The van der Waals surface area contributed by atoms with Gasteiger partial charge in [-0.3, -0.25) is 4.98 Å². The number of aromatic nitrogens is 1. The summed E-state index contributed by atoms with van der Waals surface area (Å²) in [7, 11) is 0. The van der Waals surface area contributed by atoms with E-state index in [0.717, 1.165) is 24.4 Å². The van der Waals surface area contributed by atoms with E-state index in [1.54, 1.807) is 6.20 Å². The molecule has 3 heteroatoms. The molecule has 0 aliphatic rings. The van der Waals surface area contributed by atoms with Gasteiger partial charge in [0, 0.05) is 18.3 Å². The lowest BCUT2D eigenvalue weighted by molar-refractivity contribution is 0.128. The van der Waals surface area contributed by atoms with E-state index in [4.69, 9.17) is 4.74 Å². The zero-order chi connectivity index (χ0) is 12.9. The lowest BCUT2D eigenvalue weighted by Gasteiger charge is -2.23. The zero-order valence-electron chi connectivity index (χ0n) is 11.6. The van der Waals surface area contributed by atoms with Crippen LogP contribution in [0.1, 0.15) is 40.2 Å². The molecule has 0 fully saturated rings. The van der Waals surface area contributed by atoms with E-state index in [2.05, 4.69) is 24.1 Å². The summed E-state index contributed by atoms with van der Waals surface area (Å²) < 4.78 is 5.89. The van der Waals surface area contributed by atoms with E-state index < -0.39 is 0 Å². The molecular formula is C14H24N2O. The van der Waals surface area contributed by atoms with Gasteiger partial charge in [0.1, 0.15) is 11.4 Å². The lowest BCUT2D eigenvalue weighted by Crippen LogP contribution is -2.25. The molecule has 1 aromatic rings. The Morgan fingerprint density at radius 1 is 1.35 bits per heavy atom. The minimum absolute atomic E-state index is 0.185. The van der Waals surface area contributed by atoms with Crippen molar-refractivity contribution in [2.45, 2.75) is 46.8 Å². The van der Waals surface area contributed by atoms with Crippen molar-refractivity contribution >= 4 is 0 Å². The predicted molar refractivity (Wildman–Crippen MR) is 71.2 cm³/mol. The highest BCUT2D eigenvalue weighted by atomic mass is 16.5. The number of hydrogen-bond donors (Lipinski definition) is 1. The molecular weight excluding hydrogens is 212 g/mol. The summed E-state index contributed by atoms with van der Waals surface area (Å²) in [5.74, 6) is 1.53. The minimum Gasteiger partial charge on any atom is -0.486 e. The van der Waals surface area contributed by atoms with Gasteiger partial charge in [0.2, 0.25) is 0 Å². The van der Waals surface area contributed by atoms with Crippen molar-refractivity contribution in [1.82, 2.24) is 10.3 Å². The number of ether oxygens (including phenoxy) is 1. The Morgan fingerprint density at radius 2 is 2.06 bits per heavy atom. The van der Waals surface area contributed by atoms with Crippen LogP contribution in [0.2, 0.25) is 0 Å². The average Bonchev–Trinajstić information content (AvgIpc) is 2.17. The number of hydrogen-bond acceptors (Lipinski definition) is 3. The molecule has 3 nitrogen and oxygen atoms in total. The predicted octanol–water partition coefficient (Wildman–Crippen LogP) is 3.00. The van der Waals surface area contributed by atoms with Crippen LogP contribution in [0.15, 0.2) is 18.5 Å². The first-order valence-electron chi connectivity index (χ1n) is 6.21. The molecule has 0 amide bonds. The number of nitrogens with zero attached hydrogens (tertiary/aromatic N) is 1. The monoisotopic (exact) mass is 236 g/mol. The van der Waals surface area contributed by atoms with Crippen molar-refractivity contribution in [3.63, 3.8) is 0 Å². The summed E-state index contributed by atoms with van der Waals surface area (Å²) in [5, 5.41) is 3.42. The van der Waals surface area contributed by atoms with Crippen molar-refractivity contribution < 1.29 is 4.74 Å². The average molecular weight is 236 g/mol. The summed E-state index contributed by atoms with van der Waals surface area (Å²) in [6, 6.07) is 2.01. The Hall–Kier alpha value is -1.09. The fourth-order valence-corrected chi connectivity index (χ4v) is 1.47. The van der Waals surface area contributed by atoms with Gasteiger partial charge in [0.05, 0.1) is 6.20 Å². The van der Waals surface area contributed by atoms with Gasteiger partial charge >= 0.3 is 0 Å². The molecule has 1 aromatic heterocycles. The third-order valence-electron chi connectivity index (χ3n) is 2.15. The van der Waals surface area contributed by atoms with Crippen LogP contribution in [-0.2, 0) is 6.54 Å². The molecule has 0 saturated carbocycles. The third kappa shape index (κ3) is 5.68. The summed E-state index contributed by atoms with van der Waals surface area (Å²) in [6.07, 6.45) is 3.60. The van der Waals surface area contributed by atoms with Crippen LogP contribution in [0.4, 0.5) is 0 Å². The molecule has 0 bridgehead atoms. The van der Waals surface area contributed by atoms with Crippen molar-refractivity contribution in [3.05, 3.63) is 24.0 Å². The van der Waals surface area contributed by atoms with Crippen molar-refractivity contribution in [3.8, 4) is 5.75 Å². The first-order valence-corrected chi connectivity index (χ1v) is 6.21. The molecule has 0 atom stereocenters. The maximum atomic E-state index is 5.89. The second-order valence-corrected chi connectivity index (χ2v) is 5.72. The van der Waals surface area contributed by atoms with E-state index in [9.17, 15) is 0 Å². The Balaban J connectivity index is 2.64. The fourth-order valence-electron chi connectivity index (χ4n) is 1.47. The standard InChI is InChI=1S/C14H24N2O/c1-11(2)8-16-9-12-6-7-15-10-13(12)17-14(3,4)5/h6-7,10-11,16H,8-9H2,1-5H3. The van der Waals surface area contributed by atoms with Crippen LogP contribution in [0.3, 0.4) is 0 Å². The third-order valence-corrected chi connectivity index (χ3v) is 2.15. The SMILES string of the molecule is CC(C)CNCc1ccncc1OC(C)(C)C. The first-order chi connectivity index (χ1) is 7.88. The van der Waals surface area contributed by atoms with Crippen LogP contribution in [0.25, 0.3) is 0 Å². The van der Waals surface area contributed by atoms with Crippen molar-refractivity contribution in [2.75, 3.05) is 6.54 Å². The molecule has 1 rings (SSSR count). The molecule has 0 unspecified atom stereocenters. The smallest absolute Gasteiger partial charge is 0.142 e. The molecule has 0 aliphatic carbocycles. The van der Waals surface area contributed by atoms with E-state index in [0.29, 0.717) is 5.92 Å². The molecule has 0 aliphatic heterocycles. The maximum absolute atomic E-state index is 5.89. The van der Waals surface area contributed by atoms with Gasteiger partial charge in [-0.25, -0.2) is 0 Å². The van der Waals surface area contributed by atoms with E-state index in [1.165, 1.54) is 0 Å². The Morgan fingerprint density at radius 3 is 2.65 bits per heavy atom. The van der Waals surface area contributed by atoms with Gasteiger partial charge < -0.3 is 10.1 Å². The lowest BCUT2D eigenvalue weighted by atomic mass is 10.1. The quantitative estimate of drug-likeness (QED) is 0.853. The molecule has 0 aromatic carbocycles. The summed E-state index contributed by atoms with van der Waals surface area (Å²) in [4.78, 5) is 4.12. The van der Waals surface area contributed by atoms with E-state index in [-0.39, 0.29) is 5.60 Å². The van der Waals surface area contributed by atoms with Gasteiger partial charge in [-0.05, 0) is 39.3 Å². The number of nitrogens with one attached hydrogen (secondary N) is 1. The number of pyridine rings is 1. The Bertz CT molecular complexity index is 342. The van der Waals surface area contributed by atoms with Gasteiger partial charge in [-0.2, -0.15) is 0 Å². The molecule has 1 N–H and O–H groups in total. The fraction of sp³-hybridized carbons (Fsp3) is 0.643. The highest BCUT2D eigenvalue weighted by Crippen LogP contribution is 2.21. The maximum Gasteiger partial charge on any atom is 0.142 e. The van der Waals surface area contributed by atoms with Gasteiger partial charge in [0.25, 0.3) is 0 Å². The van der Waals surface area contributed by atoms with Crippen LogP contribution in [-0.4, -0.2) is 17.1 Å². The topological polar surface area (TPSA) is 34.2 Å². The summed E-state index contributed by atoms with van der Waals surface area (Å²) in [6.45, 7) is 12.4. The molecule has 1 heterocycles. The molecule has 0 saturated heterocycles. The van der Waals surface area contributed by atoms with Crippen LogP contribution in [0.5, 0.6) is 5.75 Å². The van der Waals surface area contributed by atoms with Gasteiger partial charge in [-0.15, -0.1) is 0 Å². The van der Waals surface area contributed by atoms with Crippen LogP contribution < -0.4 is 10.1 Å². The largest absolute Gasteiger partial charge is 0.486 e. The van der Waals surface area contributed by atoms with Crippen LogP contribution >= 0.6 is 0 Å². The first kappa shape index (κ1) is 14.0. The van der Waals surface area contributed by atoms with Crippen LogP contribution in [0, 0.1) is 5.92 Å². The second-order valence-electron chi connectivity index (χ2n) is 5.72. The van der Waals surface area contributed by atoms with Crippen molar-refractivity contribution in [2.24, 2.45) is 5.92 Å². The van der Waals surface area contributed by atoms with E-state index in [1.807, 2.05) is 33.0 Å². The Kier molecular flexibility index (Phi) is 4.94. The molecule has 0 radical (unpaired) electrons. The molecule has 96 valence electrons. The number of rotatable bonds is 5. The van der Waals surface area contributed by atoms with Crippen molar-refractivity contribution in [1.29, 1.82) is 0 Å². The summed E-state index contributed by atoms with van der Waals surface area (Å²) in [5.41, 5.74) is 0.978. The summed E-state index contributed by atoms with van der Waals surface area (Å²) >= 11 is 0. The minimum atomic E-state index is -0.185. The molecule has 17 heavy (non-hydrogen) atoms. The molecule has 0 spiro atoms. The highest BCUT2D eigenvalue weighted by molar-refractivity contribution is 5.30. The Labute approximate surface area is 105 Å². The zero-order valence-corrected chi connectivity index (χ0v) is 11.6. The highest BCUT2D eigenvalue weighted by Gasteiger charge is 2.14. The normalized spacial score (nSPS) is 11.9.